The molecule has 0 aliphatic heterocycles. The van der Waals surface area contributed by atoms with Crippen LogP contribution in [0.1, 0.15) is 16.1 Å². The Morgan fingerprint density at radius 2 is 2.00 bits per heavy atom. The van der Waals surface area contributed by atoms with Gasteiger partial charge in [-0.2, -0.15) is 0 Å². The van der Waals surface area contributed by atoms with E-state index in [0.717, 1.165) is 0 Å². The number of hydrogen-bond donors (Lipinski definition) is 1. The Morgan fingerprint density at radius 1 is 1.26 bits per heavy atom. The van der Waals surface area contributed by atoms with E-state index >= 15 is 0 Å². The number of hydrogen-bond acceptors (Lipinski definition) is 3. The Kier molecular flexibility index (Phi) is 4.02. The summed E-state index contributed by atoms with van der Waals surface area (Å²) in [4.78, 5) is 16.3. The summed E-state index contributed by atoms with van der Waals surface area (Å²) in [6, 6.07) is 10.4. The fraction of sp³-hybridized carbons (Fsp3) is 0.143. The summed E-state index contributed by atoms with van der Waals surface area (Å²) in [6.07, 6.45) is 0. The lowest BCUT2D eigenvalue weighted by Gasteiger charge is -2.10. The van der Waals surface area contributed by atoms with Crippen LogP contribution < -0.4 is 10.1 Å². The lowest BCUT2D eigenvalue weighted by Crippen LogP contribution is -2.14. The third-order valence-corrected chi connectivity index (χ3v) is 2.86. The number of rotatable bonds is 3. The van der Waals surface area contributed by atoms with Crippen LogP contribution in [0.25, 0.3) is 0 Å². The summed E-state index contributed by atoms with van der Waals surface area (Å²) >= 11 is 5.77. The molecule has 1 N–H and O–H groups in total. The predicted molar refractivity (Wildman–Crippen MR) is 74.9 cm³/mol. The minimum absolute atomic E-state index is 0.246. The molecule has 0 bridgehead atoms. The quantitative estimate of drug-likeness (QED) is 0.875. The first-order chi connectivity index (χ1) is 9.11. The molecule has 1 aromatic heterocycles. The summed E-state index contributed by atoms with van der Waals surface area (Å²) in [5, 5.41) is 3.18. The number of aromatic nitrogens is 1. The van der Waals surface area contributed by atoms with Crippen molar-refractivity contribution >= 4 is 23.2 Å². The largest absolute Gasteiger partial charge is 0.496 e. The first-order valence-electron chi connectivity index (χ1n) is 5.69. The molecule has 98 valence electrons. The van der Waals surface area contributed by atoms with Crippen molar-refractivity contribution in [1.29, 1.82) is 0 Å². The van der Waals surface area contributed by atoms with Gasteiger partial charge in [0.25, 0.3) is 5.91 Å². The number of halogens is 1. The lowest BCUT2D eigenvalue weighted by molar-refractivity contribution is 0.102. The molecule has 0 atom stereocenters. The Bertz CT molecular complexity index is 614. The molecule has 0 spiro atoms. The summed E-state index contributed by atoms with van der Waals surface area (Å²) in [5.74, 6) is 0.282. The Balaban J connectivity index is 2.26. The monoisotopic (exact) mass is 276 g/mol. The van der Waals surface area contributed by atoms with E-state index in [1.165, 1.54) is 7.11 Å². The molecule has 19 heavy (non-hydrogen) atoms. The molecule has 0 aliphatic rings. The van der Waals surface area contributed by atoms with Crippen molar-refractivity contribution in [2.75, 3.05) is 12.4 Å². The van der Waals surface area contributed by atoms with Crippen LogP contribution in [0.4, 0.5) is 5.69 Å². The van der Waals surface area contributed by atoms with Gasteiger partial charge < -0.3 is 10.1 Å². The third-order valence-electron chi connectivity index (χ3n) is 2.65. The molecular weight excluding hydrogens is 264 g/mol. The van der Waals surface area contributed by atoms with Gasteiger partial charge in [0.05, 0.1) is 24.1 Å². The second kappa shape index (κ2) is 5.71. The normalized spacial score (nSPS) is 10.1. The molecule has 0 fully saturated rings. The topological polar surface area (TPSA) is 51.2 Å². The van der Waals surface area contributed by atoms with Crippen LogP contribution in [0.15, 0.2) is 36.4 Å². The van der Waals surface area contributed by atoms with E-state index in [2.05, 4.69) is 10.3 Å². The number of pyridine rings is 1. The van der Waals surface area contributed by atoms with Crippen LogP contribution in [0.3, 0.4) is 0 Å². The average molecular weight is 277 g/mol. The van der Waals surface area contributed by atoms with Crippen molar-refractivity contribution < 1.29 is 9.53 Å². The Hall–Kier alpha value is -2.07. The minimum atomic E-state index is -0.246. The van der Waals surface area contributed by atoms with E-state index < -0.39 is 0 Å². The number of aryl methyl sites for hydroxylation is 1. The van der Waals surface area contributed by atoms with E-state index in [0.29, 0.717) is 27.8 Å². The molecule has 2 aromatic rings. The summed E-state index contributed by atoms with van der Waals surface area (Å²) in [6.45, 7) is 1.78. The van der Waals surface area contributed by atoms with Gasteiger partial charge in [0.1, 0.15) is 10.9 Å². The summed E-state index contributed by atoms with van der Waals surface area (Å²) in [5.41, 5.74) is 1.76. The molecule has 0 radical (unpaired) electrons. The first-order valence-corrected chi connectivity index (χ1v) is 6.07. The van der Waals surface area contributed by atoms with Crippen molar-refractivity contribution in [3.63, 3.8) is 0 Å². The Morgan fingerprint density at radius 3 is 2.68 bits per heavy atom. The van der Waals surface area contributed by atoms with Gasteiger partial charge in [-0.15, -0.1) is 0 Å². The maximum absolute atomic E-state index is 12.2. The molecule has 0 unspecified atom stereocenters. The van der Waals surface area contributed by atoms with Gasteiger partial charge in [-0.3, -0.25) is 4.79 Å². The highest BCUT2D eigenvalue weighted by molar-refractivity contribution is 6.29. The molecule has 1 amide bonds. The predicted octanol–water partition coefficient (Wildman–Crippen LogP) is 3.30. The van der Waals surface area contributed by atoms with E-state index in [4.69, 9.17) is 16.3 Å². The maximum Gasteiger partial charge on any atom is 0.259 e. The van der Waals surface area contributed by atoms with Gasteiger partial charge in [0, 0.05) is 0 Å². The number of para-hydroxylation sites is 1. The zero-order valence-electron chi connectivity index (χ0n) is 10.6. The highest BCUT2D eigenvalue weighted by atomic mass is 35.5. The van der Waals surface area contributed by atoms with Gasteiger partial charge in [0.15, 0.2) is 0 Å². The zero-order chi connectivity index (χ0) is 13.8. The fourth-order valence-electron chi connectivity index (χ4n) is 1.68. The molecular formula is C14H13ClN2O2. The summed E-state index contributed by atoms with van der Waals surface area (Å²) < 4.78 is 5.16. The maximum atomic E-state index is 12.2. The molecule has 0 saturated carbocycles. The fourth-order valence-corrected chi connectivity index (χ4v) is 1.87. The van der Waals surface area contributed by atoms with Crippen LogP contribution in [0, 0.1) is 6.92 Å². The molecule has 4 nitrogen and oxygen atoms in total. The minimum Gasteiger partial charge on any atom is -0.496 e. The number of carbonyl (C=O) groups is 1. The third kappa shape index (κ3) is 3.03. The second-order valence-electron chi connectivity index (χ2n) is 3.92. The molecule has 1 heterocycles. The molecule has 0 saturated heterocycles. The second-order valence-corrected chi connectivity index (χ2v) is 4.31. The number of nitrogens with zero attached hydrogens (tertiary/aromatic N) is 1. The van der Waals surface area contributed by atoms with Crippen LogP contribution in [-0.4, -0.2) is 18.0 Å². The van der Waals surface area contributed by atoms with E-state index in [-0.39, 0.29) is 5.91 Å². The lowest BCUT2D eigenvalue weighted by atomic mass is 10.2. The standard InChI is InChI=1S/C14H13ClN2O2/c1-9-11(7-8-13(15)16-9)17-14(18)10-5-3-4-6-12(10)19-2/h3-8H,1-2H3,(H,17,18). The van der Waals surface area contributed by atoms with Crippen molar-refractivity contribution in [2.24, 2.45) is 0 Å². The number of benzene rings is 1. The number of anilines is 1. The van der Waals surface area contributed by atoms with Gasteiger partial charge in [0.2, 0.25) is 0 Å². The average Bonchev–Trinajstić information content (AvgIpc) is 2.41. The van der Waals surface area contributed by atoms with Crippen molar-refractivity contribution in [1.82, 2.24) is 4.98 Å². The highest BCUT2D eigenvalue weighted by Gasteiger charge is 2.12. The number of carbonyl (C=O) groups excluding carboxylic acids is 1. The summed E-state index contributed by atoms with van der Waals surface area (Å²) in [7, 11) is 1.53. The van der Waals surface area contributed by atoms with Crippen molar-refractivity contribution in [2.45, 2.75) is 6.92 Å². The van der Waals surface area contributed by atoms with Crippen molar-refractivity contribution in [3.8, 4) is 5.75 Å². The SMILES string of the molecule is COc1ccccc1C(=O)Nc1ccc(Cl)nc1C. The Labute approximate surface area is 116 Å². The molecule has 0 aliphatic carbocycles. The van der Waals surface area contributed by atoms with Crippen LogP contribution in [0.5, 0.6) is 5.75 Å². The molecule has 2 rings (SSSR count). The van der Waals surface area contributed by atoms with Crippen LogP contribution in [0.2, 0.25) is 5.15 Å². The number of ether oxygens (including phenoxy) is 1. The van der Waals surface area contributed by atoms with Gasteiger partial charge in [-0.1, -0.05) is 23.7 Å². The first kappa shape index (κ1) is 13.4. The molecule has 5 heteroatoms. The van der Waals surface area contributed by atoms with Crippen molar-refractivity contribution in [3.05, 3.63) is 52.8 Å². The van der Waals surface area contributed by atoms with E-state index in [1.54, 1.807) is 37.3 Å². The number of amides is 1. The van der Waals surface area contributed by atoms with Gasteiger partial charge in [-0.25, -0.2) is 4.98 Å². The highest BCUT2D eigenvalue weighted by Crippen LogP contribution is 2.21. The molecule has 1 aromatic carbocycles. The van der Waals surface area contributed by atoms with E-state index in [1.807, 2.05) is 6.07 Å². The van der Waals surface area contributed by atoms with Gasteiger partial charge >= 0.3 is 0 Å². The number of nitrogens with one attached hydrogen (secondary N) is 1. The number of methoxy groups -OCH3 is 1. The van der Waals surface area contributed by atoms with Crippen LogP contribution in [-0.2, 0) is 0 Å². The van der Waals surface area contributed by atoms with Crippen LogP contribution >= 0.6 is 11.6 Å². The zero-order valence-corrected chi connectivity index (χ0v) is 11.4. The smallest absolute Gasteiger partial charge is 0.259 e. The van der Waals surface area contributed by atoms with E-state index in [9.17, 15) is 4.79 Å². The van der Waals surface area contributed by atoms with Gasteiger partial charge in [-0.05, 0) is 31.2 Å².